The summed E-state index contributed by atoms with van der Waals surface area (Å²) < 4.78 is 15.8. The summed E-state index contributed by atoms with van der Waals surface area (Å²) in [6.07, 6.45) is 1.43. The molecule has 2 aliphatic heterocycles. The first-order valence-electron chi connectivity index (χ1n) is 6.40. The Morgan fingerprint density at radius 3 is 2.58 bits per heavy atom. The Bertz CT molecular complexity index is 514. The van der Waals surface area contributed by atoms with Gasteiger partial charge in [-0.1, -0.05) is 0 Å². The Morgan fingerprint density at radius 1 is 1.21 bits per heavy atom. The number of carbonyl (C=O) groups excluding carboxylic acids is 1. The van der Waals surface area contributed by atoms with Crippen LogP contribution in [0.5, 0.6) is 11.5 Å². The lowest BCUT2D eigenvalue weighted by Gasteiger charge is -2.17. The molecule has 1 unspecified atom stereocenters. The number of cyclic esters (lactones) is 1. The fraction of sp³-hybridized carbons (Fsp3) is 0.500. The third kappa shape index (κ3) is 1.99. The molecule has 0 saturated carbocycles. The maximum Gasteiger partial charge on any atom is 0.410 e. The highest BCUT2D eigenvalue weighted by Crippen LogP contribution is 2.34. The molecule has 1 atom stereocenters. The van der Waals surface area contributed by atoms with Crippen LogP contribution in [0.3, 0.4) is 0 Å². The highest BCUT2D eigenvalue weighted by atomic mass is 16.6. The average molecular weight is 263 g/mol. The Morgan fingerprint density at radius 2 is 1.89 bits per heavy atom. The fourth-order valence-corrected chi connectivity index (χ4v) is 2.81. The number of fused-ring (bicyclic) bond motifs is 2. The quantitative estimate of drug-likeness (QED) is 0.813. The lowest BCUT2D eigenvalue weighted by molar-refractivity contribution is 0.158. The molecule has 0 bridgehead atoms. The van der Waals surface area contributed by atoms with E-state index in [9.17, 15) is 4.79 Å². The fourth-order valence-electron chi connectivity index (χ4n) is 2.81. The number of nitrogens with zero attached hydrogens (tertiary/aromatic N) is 1. The molecule has 2 heterocycles. The second kappa shape index (κ2) is 4.64. The van der Waals surface area contributed by atoms with Crippen LogP contribution in [0.15, 0.2) is 12.1 Å². The third-order valence-corrected chi connectivity index (χ3v) is 3.86. The monoisotopic (exact) mass is 263 g/mol. The van der Waals surface area contributed by atoms with Gasteiger partial charge in [-0.05, 0) is 36.1 Å². The van der Waals surface area contributed by atoms with Crippen LogP contribution in [0, 0.1) is 0 Å². The van der Waals surface area contributed by atoms with Crippen LogP contribution in [0.1, 0.15) is 11.1 Å². The molecule has 102 valence electrons. The van der Waals surface area contributed by atoms with E-state index in [4.69, 9.17) is 14.2 Å². The topological polar surface area (TPSA) is 48.0 Å². The summed E-state index contributed by atoms with van der Waals surface area (Å²) in [5.41, 5.74) is 2.43. The van der Waals surface area contributed by atoms with Crippen molar-refractivity contribution in [1.29, 1.82) is 0 Å². The Kier molecular flexibility index (Phi) is 2.97. The normalized spacial score (nSPS) is 21.3. The number of carbonyl (C=O) groups is 1. The van der Waals surface area contributed by atoms with Crippen LogP contribution in [-0.2, 0) is 17.6 Å². The molecule has 3 rings (SSSR count). The van der Waals surface area contributed by atoms with Gasteiger partial charge in [-0.25, -0.2) is 4.79 Å². The second-order valence-electron chi connectivity index (χ2n) is 4.85. The minimum Gasteiger partial charge on any atom is -0.493 e. The van der Waals surface area contributed by atoms with E-state index in [1.165, 1.54) is 11.1 Å². The van der Waals surface area contributed by atoms with Crippen molar-refractivity contribution >= 4 is 6.09 Å². The van der Waals surface area contributed by atoms with E-state index in [-0.39, 0.29) is 12.1 Å². The van der Waals surface area contributed by atoms with E-state index in [2.05, 4.69) is 0 Å². The molecule has 1 amide bonds. The number of ether oxygens (including phenoxy) is 3. The summed E-state index contributed by atoms with van der Waals surface area (Å²) >= 11 is 0. The minimum atomic E-state index is -0.197. The van der Waals surface area contributed by atoms with E-state index in [0.29, 0.717) is 13.2 Å². The van der Waals surface area contributed by atoms with Gasteiger partial charge in [0.05, 0.1) is 20.3 Å². The average Bonchev–Trinajstić information content (AvgIpc) is 2.68. The zero-order chi connectivity index (χ0) is 13.4. The van der Waals surface area contributed by atoms with Crippen molar-refractivity contribution in [3.8, 4) is 11.5 Å². The third-order valence-electron chi connectivity index (χ3n) is 3.86. The molecular weight excluding hydrogens is 246 g/mol. The summed E-state index contributed by atoms with van der Waals surface area (Å²) in [5, 5.41) is 0. The van der Waals surface area contributed by atoms with Gasteiger partial charge in [0.1, 0.15) is 6.61 Å². The predicted octanol–water partition coefficient (Wildman–Crippen LogP) is 1.62. The van der Waals surface area contributed by atoms with Crippen LogP contribution in [-0.4, -0.2) is 44.4 Å². The van der Waals surface area contributed by atoms with Crippen LogP contribution < -0.4 is 9.47 Å². The molecular formula is C14H17NO4. The summed E-state index contributed by atoms with van der Waals surface area (Å²) in [6, 6.07) is 4.18. The molecule has 1 fully saturated rings. The largest absolute Gasteiger partial charge is 0.493 e. The number of benzene rings is 1. The Hall–Kier alpha value is -1.91. The first-order valence-corrected chi connectivity index (χ1v) is 6.40. The van der Waals surface area contributed by atoms with Crippen molar-refractivity contribution in [3.05, 3.63) is 23.3 Å². The van der Waals surface area contributed by atoms with Gasteiger partial charge in [0, 0.05) is 6.54 Å². The van der Waals surface area contributed by atoms with Gasteiger partial charge < -0.3 is 19.1 Å². The minimum absolute atomic E-state index is 0.145. The lowest BCUT2D eigenvalue weighted by Crippen LogP contribution is -2.34. The van der Waals surface area contributed by atoms with Crippen molar-refractivity contribution in [2.24, 2.45) is 0 Å². The van der Waals surface area contributed by atoms with Crippen LogP contribution in [0.25, 0.3) is 0 Å². The summed E-state index contributed by atoms with van der Waals surface area (Å²) in [5.74, 6) is 1.48. The van der Waals surface area contributed by atoms with Gasteiger partial charge in [-0.3, -0.25) is 0 Å². The smallest absolute Gasteiger partial charge is 0.410 e. The van der Waals surface area contributed by atoms with Gasteiger partial charge in [0.2, 0.25) is 0 Å². The summed E-state index contributed by atoms with van der Waals surface area (Å²) in [4.78, 5) is 13.4. The number of amides is 1. The van der Waals surface area contributed by atoms with Crippen molar-refractivity contribution < 1.29 is 19.0 Å². The van der Waals surface area contributed by atoms with Crippen LogP contribution in [0.2, 0.25) is 0 Å². The van der Waals surface area contributed by atoms with Gasteiger partial charge in [0.25, 0.3) is 0 Å². The molecule has 1 aromatic carbocycles. The van der Waals surface area contributed by atoms with E-state index in [0.717, 1.165) is 24.3 Å². The van der Waals surface area contributed by atoms with Crippen LogP contribution in [0.4, 0.5) is 4.79 Å². The molecule has 1 saturated heterocycles. The summed E-state index contributed by atoms with van der Waals surface area (Å²) in [6.45, 7) is 1.18. The molecule has 5 heteroatoms. The first kappa shape index (κ1) is 12.1. The molecule has 2 aliphatic rings. The standard InChI is InChI=1S/C14H17NO4/c1-17-12-6-9-3-4-15-11(8-19-14(15)16)5-10(9)7-13(12)18-2/h6-7,11H,3-5,8H2,1-2H3. The second-order valence-corrected chi connectivity index (χ2v) is 4.85. The maximum absolute atomic E-state index is 11.6. The molecule has 0 N–H and O–H groups in total. The number of hydrogen-bond donors (Lipinski definition) is 0. The lowest BCUT2D eigenvalue weighted by atomic mass is 9.99. The van der Waals surface area contributed by atoms with E-state index >= 15 is 0 Å². The number of methoxy groups -OCH3 is 2. The van der Waals surface area contributed by atoms with Gasteiger partial charge >= 0.3 is 6.09 Å². The Labute approximate surface area is 112 Å². The first-order chi connectivity index (χ1) is 9.22. The highest BCUT2D eigenvalue weighted by molar-refractivity contribution is 5.70. The molecule has 0 spiro atoms. The summed E-state index contributed by atoms with van der Waals surface area (Å²) in [7, 11) is 3.27. The molecule has 0 aromatic heterocycles. The van der Waals surface area contributed by atoms with Gasteiger partial charge in [0.15, 0.2) is 11.5 Å². The van der Waals surface area contributed by atoms with E-state index < -0.39 is 0 Å². The molecule has 0 aliphatic carbocycles. The number of hydrogen-bond acceptors (Lipinski definition) is 4. The van der Waals surface area contributed by atoms with Crippen molar-refractivity contribution in [3.63, 3.8) is 0 Å². The molecule has 5 nitrogen and oxygen atoms in total. The SMILES string of the molecule is COc1cc2c(cc1OC)CC1COC(=O)N1CC2. The van der Waals surface area contributed by atoms with Crippen molar-refractivity contribution in [2.45, 2.75) is 18.9 Å². The molecule has 0 radical (unpaired) electrons. The predicted molar refractivity (Wildman–Crippen MR) is 68.8 cm³/mol. The van der Waals surface area contributed by atoms with Gasteiger partial charge in [-0.15, -0.1) is 0 Å². The van der Waals surface area contributed by atoms with Crippen molar-refractivity contribution in [2.75, 3.05) is 27.4 Å². The zero-order valence-electron chi connectivity index (χ0n) is 11.1. The molecule has 1 aromatic rings. The van der Waals surface area contributed by atoms with E-state index in [1.807, 2.05) is 17.0 Å². The maximum atomic E-state index is 11.6. The van der Waals surface area contributed by atoms with Gasteiger partial charge in [-0.2, -0.15) is 0 Å². The Balaban J connectivity index is 1.97. The zero-order valence-corrected chi connectivity index (χ0v) is 11.1. The van der Waals surface area contributed by atoms with E-state index in [1.54, 1.807) is 14.2 Å². The molecule has 19 heavy (non-hydrogen) atoms. The highest BCUT2D eigenvalue weighted by Gasteiger charge is 2.35. The number of rotatable bonds is 2. The van der Waals surface area contributed by atoms with Crippen LogP contribution >= 0.6 is 0 Å². The van der Waals surface area contributed by atoms with Crippen molar-refractivity contribution in [1.82, 2.24) is 4.90 Å².